The minimum atomic E-state index is -0.620. The van der Waals surface area contributed by atoms with Gasteiger partial charge in [-0.05, 0) is 23.9 Å². The standard InChI is InChI=1S/C13H9Cl2N3O3S/c1-21-11(19)5-10-12(20)17-13(22-10)18-16-6-7-8(14)3-2-4-9(7)15/h2-6H,1H3,(H,17,18,20)/b10-5+,16-6?. The van der Waals surface area contributed by atoms with Gasteiger partial charge in [0.15, 0.2) is 5.17 Å². The van der Waals surface area contributed by atoms with Crippen LogP contribution in [0.15, 0.2) is 39.4 Å². The molecule has 114 valence electrons. The summed E-state index contributed by atoms with van der Waals surface area (Å²) in [5.41, 5.74) is 0.523. The van der Waals surface area contributed by atoms with Crippen molar-refractivity contribution in [2.24, 2.45) is 10.2 Å². The molecule has 1 N–H and O–H groups in total. The van der Waals surface area contributed by atoms with Crippen LogP contribution in [0, 0.1) is 0 Å². The molecule has 1 aromatic rings. The van der Waals surface area contributed by atoms with E-state index in [1.807, 2.05) is 0 Å². The molecule has 1 fully saturated rings. The summed E-state index contributed by atoms with van der Waals surface area (Å²) >= 11 is 12.9. The summed E-state index contributed by atoms with van der Waals surface area (Å²) in [5, 5.41) is 11.2. The summed E-state index contributed by atoms with van der Waals surface area (Å²) in [7, 11) is 1.23. The van der Waals surface area contributed by atoms with Crippen molar-refractivity contribution in [1.82, 2.24) is 5.32 Å². The molecule has 9 heteroatoms. The van der Waals surface area contributed by atoms with Crippen LogP contribution in [0.2, 0.25) is 10.0 Å². The van der Waals surface area contributed by atoms with Crippen molar-refractivity contribution in [3.63, 3.8) is 0 Å². The maximum absolute atomic E-state index is 11.6. The van der Waals surface area contributed by atoms with Gasteiger partial charge >= 0.3 is 5.97 Å². The largest absolute Gasteiger partial charge is 0.466 e. The van der Waals surface area contributed by atoms with E-state index >= 15 is 0 Å². The second-order valence-corrected chi connectivity index (χ2v) is 5.72. The van der Waals surface area contributed by atoms with Crippen LogP contribution in [0.4, 0.5) is 0 Å². The molecule has 0 unspecified atom stereocenters. The number of amides is 1. The molecule has 1 aliphatic heterocycles. The Morgan fingerprint density at radius 1 is 1.36 bits per heavy atom. The SMILES string of the molecule is COC(=O)/C=C1/S/C(=N\N=Cc2c(Cl)cccc2Cl)NC1=O. The number of amidine groups is 1. The van der Waals surface area contributed by atoms with Gasteiger partial charge in [0.1, 0.15) is 0 Å². The van der Waals surface area contributed by atoms with Crippen LogP contribution in [0.25, 0.3) is 0 Å². The topological polar surface area (TPSA) is 80.1 Å². The molecule has 0 spiro atoms. The number of hydrogen-bond donors (Lipinski definition) is 1. The minimum absolute atomic E-state index is 0.177. The number of esters is 1. The highest BCUT2D eigenvalue weighted by Gasteiger charge is 2.24. The highest BCUT2D eigenvalue weighted by Crippen LogP contribution is 2.24. The molecule has 1 aliphatic rings. The highest BCUT2D eigenvalue weighted by atomic mass is 35.5. The Balaban J connectivity index is 2.12. The van der Waals surface area contributed by atoms with Crippen LogP contribution >= 0.6 is 35.0 Å². The minimum Gasteiger partial charge on any atom is -0.466 e. The fourth-order valence-corrected chi connectivity index (χ4v) is 2.65. The van der Waals surface area contributed by atoms with Gasteiger partial charge in [-0.3, -0.25) is 10.1 Å². The van der Waals surface area contributed by atoms with Crippen LogP contribution in [0.1, 0.15) is 5.56 Å². The Morgan fingerprint density at radius 2 is 2.05 bits per heavy atom. The van der Waals surface area contributed by atoms with Crippen molar-refractivity contribution in [3.05, 3.63) is 44.8 Å². The molecule has 0 aromatic heterocycles. The number of carbonyl (C=O) groups excluding carboxylic acids is 2. The fraction of sp³-hybridized carbons (Fsp3) is 0.0769. The molecule has 1 saturated heterocycles. The van der Waals surface area contributed by atoms with E-state index in [0.29, 0.717) is 15.6 Å². The van der Waals surface area contributed by atoms with E-state index < -0.39 is 11.9 Å². The van der Waals surface area contributed by atoms with Crippen LogP contribution in [0.5, 0.6) is 0 Å². The maximum atomic E-state index is 11.6. The second kappa shape index (κ2) is 7.44. The average molecular weight is 358 g/mol. The Labute approximate surface area is 140 Å². The number of methoxy groups -OCH3 is 1. The molecule has 1 heterocycles. The summed E-state index contributed by atoms with van der Waals surface area (Å²) < 4.78 is 4.45. The molecule has 0 aliphatic carbocycles. The third kappa shape index (κ3) is 4.09. The zero-order valence-corrected chi connectivity index (χ0v) is 13.5. The number of carbonyl (C=O) groups is 2. The third-order valence-electron chi connectivity index (χ3n) is 2.44. The van der Waals surface area contributed by atoms with Gasteiger partial charge in [0, 0.05) is 11.6 Å². The molecule has 2 rings (SSSR count). The number of rotatable bonds is 3. The van der Waals surface area contributed by atoms with E-state index in [4.69, 9.17) is 23.2 Å². The Hall–Kier alpha value is -1.83. The lowest BCUT2D eigenvalue weighted by molar-refractivity contribution is -0.135. The maximum Gasteiger partial charge on any atom is 0.331 e. The van der Waals surface area contributed by atoms with Gasteiger partial charge in [0.2, 0.25) is 0 Å². The summed E-state index contributed by atoms with van der Waals surface area (Å²) in [6.45, 7) is 0. The van der Waals surface area contributed by atoms with Crippen molar-refractivity contribution in [2.45, 2.75) is 0 Å². The lowest BCUT2D eigenvalue weighted by Gasteiger charge is -1.98. The molecule has 1 aromatic carbocycles. The first-order valence-electron chi connectivity index (χ1n) is 5.85. The predicted octanol–water partition coefficient (Wildman–Crippen LogP) is 2.60. The van der Waals surface area contributed by atoms with Gasteiger partial charge < -0.3 is 4.74 Å². The first-order chi connectivity index (χ1) is 10.5. The molecule has 1 amide bonds. The molecule has 22 heavy (non-hydrogen) atoms. The van der Waals surface area contributed by atoms with Crippen molar-refractivity contribution in [1.29, 1.82) is 0 Å². The zero-order valence-electron chi connectivity index (χ0n) is 11.2. The van der Waals surface area contributed by atoms with E-state index in [1.54, 1.807) is 18.2 Å². The van der Waals surface area contributed by atoms with E-state index in [2.05, 4.69) is 20.3 Å². The van der Waals surface area contributed by atoms with Crippen LogP contribution in [-0.4, -0.2) is 30.4 Å². The van der Waals surface area contributed by atoms with Gasteiger partial charge in [-0.1, -0.05) is 29.3 Å². The Morgan fingerprint density at radius 3 is 2.68 bits per heavy atom. The van der Waals surface area contributed by atoms with Gasteiger partial charge in [0.25, 0.3) is 5.91 Å². The van der Waals surface area contributed by atoms with Gasteiger partial charge in [-0.25, -0.2) is 4.79 Å². The molecular formula is C13H9Cl2N3O3S. The Bertz CT molecular complexity index is 696. The molecule has 0 radical (unpaired) electrons. The second-order valence-electron chi connectivity index (χ2n) is 3.87. The number of halogens is 2. The van der Waals surface area contributed by atoms with Crippen molar-refractivity contribution >= 4 is 58.2 Å². The van der Waals surface area contributed by atoms with Gasteiger partial charge in [-0.15, -0.1) is 5.10 Å². The summed E-state index contributed by atoms with van der Waals surface area (Å²) in [6.07, 6.45) is 2.46. The van der Waals surface area contributed by atoms with Crippen molar-refractivity contribution in [3.8, 4) is 0 Å². The number of thioether (sulfide) groups is 1. The van der Waals surface area contributed by atoms with Crippen LogP contribution in [-0.2, 0) is 14.3 Å². The lowest BCUT2D eigenvalue weighted by atomic mass is 10.2. The Kier molecular flexibility index (Phi) is 5.59. The fourth-order valence-electron chi connectivity index (χ4n) is 1.41. The van der Waals surface area contributed by atoms with Crippen molar-refractivity contribution in [2.75, 3.05) is 7.11 Å². The number of nitrogens with zero attached hydrogens (tertiary/aromatic N) is 2. The lowest BCUT2D eigenvalue weighted by Crippen LogP contribution is -2.19. The first kappa shape index (κ1) is 16.5. The summed E-state index contributed by atoms with van der Waals surface area (Å²) in [4.78, 5) is 22.9. The first-order valence-corrected chi connectivity index (χ1v) is 7.42. The van der Waals surface area contributed by atoms with Crippen LogP contribution in [0.3, 0.4) is 0 Å². The highest BCUT2D eigenvalue weighted by molar-refractivity contribution is 8.18. The van der Waals surface area contributed by atoms with Gasteiger partial charge in [-0.2, -0.15) is 5.10 Å². The predicted molar refractivity (Wildman–Crippen MR) is 87.3 cm³/mol. The van der Waals surface area contributed by atoms with Gasteiger partial charge in [0.05, 0.1) is 28.3 Å². The molecule has 0 atom stereocenters. The monoisotopic (exact) mass is 357 g/mol. The normalized spacial score (nSPS) is 18.2. The van der Waals surface area contributed by atoms with E-state index in [9.17, 15) is 9.59 Å². The van der Waals surface area contributed by atoms with Crippen LogP contribution < -0.4 is 5.32 Å². The van der Waals surface area contributed by atoms with E-state index in [1.165, 1.54) is 13.3 Å². The van der Waals surface area contributed by atoms with E-state index in [0.717, 1.165) is 17.8 Å². The number of ether oxygens (including phenoxy) is 1. The molecular weight excluding hydrogens is 349 g/mol. The number of benzene rings is 1. The average Bonchev–Trinajstić information content (AvgIpc) is 2.82. The zero-order chi connectivity index (χ0) is 16.1. The molecule has 0 bridgehead atoms. The summed E-state index contributed by atoms with van der Waals surface area (Å²) in [6, 6.07) is 5.06. The molecule has 6 nitrogen and oxygen atoms in total. The third-order valence-corrected chi connectivity index (χ3v) is 4.00. The number of hydrogen-bond acceptors (Lipinski definition) is 6. The molecule has 0 saturated carbocycles. The number of nitrogens with one attached hydrogen (secondary N) is 1. The quantitative estimate of drug-likeness (QED) is 0.390. The van der Waals surface area contributed by atoms with Crippen molar-refractivity contribution < 1.29 is 14.3 Å². The smallest absolute Gasteiger partial charge is 0.331 e. The van der Waals surface area contributed by atoms with E-state index in [-0.39, 0.29) is 10.1 Å². The summed E-state index contributed by atoms with van der Waals surface area (Å²) in [5.74, 6) is -1.06.